The summed E-state index contributed by atoms with van der Waals surface area (Å²) < 4.78 is 6.03. The zero-order valence-electron chi connectivity index (χ0n) is 15.9. The summed E-state index contributed by atoms with van der Waals surface area (Å²) in [5.74, 6) is -0.625. The highest BCUT2D eigenvalue weighted by molar-refractivity contribution is 6.30. The number of nitrogens with one attached hydrogen (secondary N) is 1. The van der Waals surface area contributed by atoms with Crippen molar-refractivity contribution in [1.82, 2.24) is 4.98 Å². The van der Waals surface area contributed by atoms with Crippen LogP contribution in [0.15, 0.2) is 36.5 Å². The number of hydrogen-bond acceptors (Lipinski definition) is 4. The van der Waals surface area contributed by atoms with Gasteiger partial charge in [-0.05, 0) is 55.0 Å². The van der Waals surface area contributed by atoms with Crippen molar-refractivity contribution in [3.05, 3.63) is 47.1 Å². The molecule has 29 heavy (non-hydrogen) atoms. The van der Waals surface area contributed by atoms with E-state index in [1.165, 1.54) is 25.5 Å². The van der Waals surface area contributed by atoms with E-state index in [4.69, 9.17) is 21.4 Å². The van der Waals surface area contributed by atoms with Gasteiger partial charge in [-0.1, -0.05) is 30.9 Å². The van der Waals surface area contributed by atoms with Gasteiger partial charge in [0.15, 0.2) is 0 Å². The quantitative estimate of drug-likeness (QED) is 0.675. The monoisotopic (exact) mass is 414 g/mol. The Morgan fingerprint density at radius 3 is 2.55 bits per heavy atom. The molecule has 0 unspecified atom stereocenters. The molecule has 2 N–H and O–H groups in total. The van der Waals surface area contributed by atoms with E-state index in [0.29, 0.717) is 28.9 Å². The molecule has 2 aliphatic carbocycles. The third kappa shape index (κ3) is 4.70. The van der Waals surface area contributed by atoms with Gasteiger partial charge >= 0.3 is 5.97 Å². The molecule has 1 heterocycles. The smallest absolute Gasteiger partial charge is 0.307 e. The third-order valence-corrected chi connectivity index (χ3v) is 5.91. The van der Waals surface area contributed by atoms with E-state index in [-0.39, 0.29) is 5.91 Å². The Labute approximate surface area is 174 Å². The standard InChI is InChI=1S/C22H23ClN2O4/c23-14-6-8-19(16(10-14)13-4-2-1-3-5-13)29-20-9-7-15(12-24-20)25-21(26)17-11-18(17)22(27)28/h6-10,12-13,17-18H,1-5,11H2,(H,25,26)(H,27,28)/t17-,18+/m0/s1. The van der Waals surface area contributed by atoms with Gasteiger partial charge in [-0.15, -0.1) is 0 Å². The van der Waals surface area contributed by atoms with Crippen molar-refractivity contribution >= 4 is 29.2 Å². The van der Waals surface area contributed by atoms with Crippen molar-refractivity contribution in [1.29, 1.82) is 0 Å². The van der Waals surface area contributed by atoms with Crippen LogP contribution in [0.4, 0.5) is 5.69 Å². The van der Waals surface area contributed by atoms with Gasteiger partial charge in [0, 0.05) is 11.1 Å². The number of carbonyl (C=O) groups is 2. The van der Waals surface area contributed by atoms with Crippen LogP contribution < -0.4 is 10.1 Å². The molecule has 2 aliphatic rings. The van der Waals surface area contributed by atoms with E-state index >= 15 is 0 Å². The minimum absolute atomic E-state index is 0.287. The highest BCUT2D eigenvalue weighted by Crippen LogP contribution is 2.41. The Morgan fingerprint density at radius 2 is 1.90 bits per heavy atom. The average molecular weight is 415 g/mol. The highest BCUT2D eigenvalue weighted by atomic mass is 35.5. The van der Waals surface area contributed by atoms with Crippen LogP contribution in [0.1, 0.15) is 50.0 Å². The number of aromatic nitrogens is 1. The second-order valence-electron chi connectivity index (χ2n) is 7.78. The van der Waals surface area contributed by atoms with Crippen LogP contribution in [0.3, 0.4) is 0 Å². The molecule has 2 atom stereocenters. The van der Waals surface area contributed by atoms with Crippen molar-refractivity contribution in [2.75, 3.05) is 5.32 Å². The fourth-order valence-electron chi connectivity index (χ4n) is 3.96. The third-order valence-electron chi connectivity index (χ3n) is 5.68. The molecule has 2 aromatic rings. The Morgan fingerprint density at radius 1 is 1.10 bits per heavy atom. The number of carboxylic acid groups (broad SMARTS) is 1. The molecule has 2 fully saturated rings. The predicted octanol–water partition coefficient (Wildman–Crippen LogP) is 5.23. The predicted molar refractivity (Wildman–Crippen MR) is 109 cm³/mol. The lowest BCUT2D eigenvalue weighted by Gasteiger charge is -2.24. The second kappa shape index (κ2) is 8.41. The molecule has 0 aliphatic heterocycles. The summed E-state index contributed by atoms with van der Waals surface area (Å²) in [6.45, 7) is 0. The Balaban J connectivity index is 1.43. The summed E-state index contributed by atoms with van der Waals surface area (Å²) in [5, 5.41) is 12.3. The van der Waals surface area contributed by atoms with Gasteiger partial charge in [-0.2, -0.15) is 0 Å². The first-order valence-corrected chi connectivity index (χ1v) is 10.4. The maximum absolute atomic E-state index is 12.1. The zero-order chi connectivity index (χ0) is 20.4. The van der Waals surface area contributed by atoms with Crippen molar-refractivity contribution < 1.29 is 19.4 Å². The second-order valence-corrected chi connectivity index (χ2v) is 8.22. The SMILES string of the molecule is O=C(Nc1ccc(Oc2ccc(Cl)cc2C2CCCCC2)nc1)[C@H]1C[C@H]1C(=O)O. The van der Waals surface area contributed by atoms with Crippen molar-refractivity contribution in [2.24, 2.45) is 11.8 Å². The summed E-state index contributed by atoms with van der Waals surface area (Å²) in [5.41, 5.74) is 1.63. The topological polar surface area (TPSA) is 88.5 Å². The van der Waals surface area contributed by atoms with Crippen LogP contribution in [0, 0.1) is 11.8 Å². The van der Waals surface area contributed by atoms with Gasteiger partial charge in [-0.3, -0.25) is 9.59 Å². The lowest BCUT2D eigenvalue weighted by Crippen LogP contribution is -2.16. The number of pyridine rings is 1. The maximum atomic E-state index is 12.1. The first-order chi connectivity index (χ1) is 14.0. The number of rotatable bonds is 6. The average Bonchev–Trinajstić information content (AvgIpc) is 3.53. The van der Waals surface area contributed by atoms with Gasteiger partial charge in [0.1, 0.15) is 5.75 Å². The molecule has 7 heteroatoms. The van der Waals surface area contributed by atoms with E-state index in [1.54, 1.807) is 12.1 Å². The molecular weight excluding hydrogens is 392 g/mol. The lowest BCUT2D eigenvalue weighted by molar-refractivity contribution is -0.139. The van der Waals surface area contributed by atoms with Crippen LogP contribution >= 0.6 is 11.6 Å². The van der Waals surface area contributed by atoms with E-state index in [0.717, 1.165) is 24.2 Å². The highest BCUT2D eigenvalue weighted by Gasteiger charge is 2.48. The first kappa shape index (κ1) is 19.7. The number of amides is 1. The number of aliphatic carboxylic acids is 1. The van der Waals surface area contributed by atoms with Crippen LogP contribution in [-0.2, 0) is 9.59 Å². The molecule has 1 amide bonds. The zero-order valence-corrected chi connectivity index (χ0v) is 16.7. The minimum atomic E-state index is -0.927. The summed E-state index contributed by atoms with van der Waals surface area (Å²) in [4.78, 5) is 27.2. The number of carboxylic acids is 1. The summed E-state index contributed by atoms with van der Waals surface area (Å²) >= 11 is 6.22. The molecule has 2 saturated carbocycles. The van der Waals surface area contributed by atoms with Gasteiger partial charge in [0.2, 0.25) is 11.8 Å². The van der Waals surface area contributed by atoms with E-state index in [9.17, 15) is 9.59 Å². The first-order valence-electron chi connectivity index (χ1n) is 9.98. The molecule has 0 radical (unpaired) electrons. The van der Waals surface area contributed by atoms with Crippen LogP contribution in [0.2, 0.25) is 5.02 Å². The number of nitrogens with zero attached hydrogens (tertiary/aromatic N) is 1. The fourth-order valence-corrected chi connectivity index (χ4v) is 4.15. The molecule has 6 nitrogen and oxygen atoms in total. The van der Waals surface area contributed by atoms with E-state index < -0.39 is 17.8 Å². The number of anilines is 1. The van der Waals surface area contributed by atoms with Crippen LogP contribution in [-0.4, -0.2) is 22.0 Å². The molecule has 152 valence electrons. The number of hydrogen-bond donors (Lipinski definition) is 2. The number of benzene rings is 1. The van der Waals surface area contributed by atoms with Gasteiger partial charge in [-0.25, -0.2) is 4.98 Å². The number of carbonyl (C=O) groups excluding carboxylic acids is 1. The van der Waals surface area contributed by atoms with Crippen molar-refractivity contribution in [2.45, 2.75) is 44.4 Å². The summed E-state index contributed by atoms with van der Waals surface area (Å²) in [6, 6.07) is 9.07. The Bertz CT molecular complexity index is 910. The summed E-state index contributed by atoms with van der Waals surface area (Å²) in [7, 11) is 0. The molecule has 0 saturated heterocycles. The normalized spacial score (nSPS) is 21.4. The Kier molecular flexibility index (Phi) is 5.72. The lowest BCUT2D eigenvalue weighted by atomic mass is 9.84. The molecule has 1 aromatic carbocycles. The number of ether oxygens (including phenoxy) is 1. The number of halogens is 1. The van der Waals surface area contributed by atoms with Crippen molar-refractivity contribution in [3.63, 3.8) is 0 Å². The molecule has 0 bridgehead atoms. The van der Waals surface area contributed by atoms with Gasteiger partial charge < -0.3 is 15.2 Å². The largest absolute Gasteiger partial charge is 0.481 e. The van der Waals surface area contributed by atoms with E-state index in [2.05, 4.69) is 10.3 Å². The van der Waals surface area contributed by atoms with Crippen LogP contribution in [0.25, 0.3) is 0 Å². The van der Waals surface area contributed by atoms with E-state index in [1.807, 2.05) is 18.2 Å². The fraction of sp³-hybridized carbons (Fsp3) is 0.409. The maximum Gasteiger partial charge on any atom is 0.307 e. The molecule has 4 rings (SSSR count). The summed E-state index contributed by atoms with van der Waals surface area (Å²) in [6.07, 6.45) is 7.87. The molecule has 1 aromatic heterocycles. The molecular formula is C22H23ClN2O4. The van der Waals surface area contributed by atoms with Gasteiger partial charge in [0.05, 0.1) is 23.7 Å². The Hall–Kier alpha value is -2.60. The van der Waals surface area contributed by atoms with Gasteiger partial charge in [0.25, 0.3) is 0 Å². The van der Waals surface area contributed by atoms with Crippen LogP contribution in [0.5, 0.6) is 11.6 Å². The molecule has 0 spiro atoms. The minimum Gasteiger partial charge on any atom is -0.481 e. The van der Waals surface area contributed by atoms with Crippen molar-refractivity contribution in [3.8, 4) is 11.6 Å².